The van der Waals surface area contributed by atoms with Gasteiger partial charge in [-0.1, -0.05) is 13.2 Å². The second-order valence-electron chi connectivity index (χ2n) is 7.82. The first-order valence-electron chi connectivity index (χ1n) is 11.4. The van der Waals surface area contributed by atoms with Crippen molar-refractivity contribution < 1.29 is 29.3 Å². The van der Waals surface area contributed by atoms with E-state index in [1.165, 1.54) is 0 Å². The summed E-state index contributed by atoms with van der Waals surface area (Å²) in [5.74, 6) is 0.0236. The summed E-state index contributed by atoms with van der Waals surface area (Å²) >= 11 is 0. The highest BCUT2D eigenvalue weighted by Gasteiger charge is 2.13. The first-order chi connectivity index (χ1) is 17.2. The summed E-state index contributed by atoms with van der Waals surface area (Å²) in [6.45, 7) is 10.6. The van der Waals surface area contributed by atoms with Gasteiger partial charge in [0, 0.05) is 51.9 Å². The van der Waals surface area contributed by atoms with E-state index < -0.39 is 11.9 Å². The number of aromatic nitrogens is 3. The lowest BCUT2D eigenvalue weighted by Crippen LogP contribution is -2.36. The van der Waals surface area contributed by atoms with E-state index in [1.807, 2.05) is 9.80 Å². The molecule has 0 bridgehead atoms. The minimum Gasteiger partial charge on any atom is -0.461 e. The van der Waals surface area contributed by atoms with Crippen molar-refractivity contribution in [3.8, 4) is 0 Å². The van der Waals surface area contributed by atoms with Gasteiger partial charge in [0.25, 0.3) is 0 Å². The predicted octanol–water partition coefficient (Wildman–Crippen LogP) is -0.886. The highest BCUT2D eigenvalue weighted by atomic mass is 16.5. The largest absolute Gasteiger partial charge is 0.461 e. The van der Waals surface area contributed by atoms with Gasteiger partial charge in [-0.05, 0) is 6.92 Å². The molecular weight excluding hydrogens is 472 g/mol. The second-order valence-corrected chi connectivity index (χ2v) is 7.82. The van der Waals surface area contributed by atoms with Crippen molar-refractivity contribution >= 4 is 29.8 Å². The van der Waals surface area contributed by atoms with Crippen LogP contribution in [0, 0.1) is 0 Å². The number of rotatable bonds is 19. The minimum atomic E-state index is -0.514. The molecule has 0 aliphatic rings. The molecule has 14 nitrogen and oxygen atoms in total. The fourth-order valence-corrected chi connectivity index (χ4v) is 2.64. The van der Waals surface area contributed by atoms with Crippen LogP contribution in [0.2, 0.25) is 0 Å². The van der Waals surface area contributed by atoms with Gasteiger partial charge >= 0.3 is 11.9 Å². The molecule has 0 unspecified atom stereocenters. The molecule has 0 amide bonds. The Kier molecular flexibility index (Phi) is 14.6. The van der Waals surface area contributed by atoms with Crippen LogP contribution in [-0.4, -0.2) is 127 Å². The molecule has 0 aromatic carbocycles. The molecule has 0 saturated heterocycles. The molecule has 1 heterocycles. The van der Waals surface area contributed by atoms with E-state index >= 15 is 0 Å². The van der Waals surface area contributed by atoms with Crippen LogP contribution in [0.3, 0.4) is 0 Å². The monoisotopic (exact) mass is 510 g/mol. The van der Waals surface area contributed by atoms with Crippen molar-refractivity contribution in [1.29, 1.82) is 0 Å². The van der Waals surface area contributed by atoms with Crippen LogP contribution < -0.4 is 15.5 Å². The van der Waals surface area contributed by atoms with Crippen LogP contribution >= 0.6 is 0 Å². The summed E-state index contributed by atoms with van der Waals surface area (Å²) in [6, 6.07) is 0. The van der Waals surface area contributed by atoms with E-state index in [4.69, 9.17) is 9.47 Å². The zero-order valence-corrected chi connectivity index (χ0v) is 21.3. The summed E-state index contributed by atoms with van der Waals surface area (Å²) in [5.41, 5.74) is 0.318. The van der Waals surface area contributed by atoms with Crippen molar-refractivity contribution in [2.45, 2.75) is 6.92 Å². The van der Waals surface area contributed by atoms with E-state index in [0.29, 0.717) is 49.6 Å². The number of carbonyl (C=O) groups is 2. The number of aliphatic hydroxyl groups is 2. The Hall–Kier alpha value is -3.33. The highest BCUT2D eigenvalue weighted by molar-refractivity contribution is 5.86. The highest BCUT2D eigenvalue weighted by Crippen LogP contribution is 2.12. The van der Waals surface area contributed by atoms with Gasteiger partial charge in [-0.2, -0.15) is 15.0 Å². The van der Waals surface area contributed by atoms with Gasteiger partial charge < -0.3 is 35.2 Å². The van der Waals surface area contributed by atoms with Crippen LogP contribution in [0.15, 0.2) is 24.8 Å². The number of carbonyl (C=O) groups excluding carboxylic acids is 2. The Morgan fingerprint density at radius 3 is 1.83 bits per heavy atom. The van der Waals surface area contributed by atoms with Crippen LogP contribution in [0.25, 0.3) is 0 Å². The van der Waals surface area contributed by atoms with Gasteiger partial charge in [-0.25, -0.2) is 9.59 Å². The predicted molar refractivity (Wildman–Crippen MR) is 135 cm³/mol. The number of ether oxygens (including phenoxy) is 2. The van der Waals surface area contributed by atoms with E-state index in [9.17, 15) is 19.8 Å². The van der Waals surface area contributed by atoms with Crippen LogP contribution in [0.1, 0.15) is 6.92 Å². The van der Waals surface area contributed by atoms with Gasteiger partial charge in [-0.3, -0.25) is 9.80 Å². The maximum Gasteiger partial charge on any atom is 0.333 e. The van der Waals surface area contributed by atoms with E-state index in [-0.39, 0.29) is 39.8 Å². The average molecular weight is 511 g/mol. The first-order valence-corrected chi connectivity index (χ1v) is 11.4. The third kappa shape index (κ3) is 12.4. The molecule has 0 fully saturated rings. The third-order valence-electron chi connectivity index (χ3n) is 4.59. The summed E-state index contributed by atoms with van der Waals surface area (Å²) in [4.78, 5) is 41.3. The van der Waals surface area contributed by atoms with Crippen molar-refractivity contribution in [1.82, 2.24) is 24.8 Å². The molecular formula is C22H38N8O6. The summed E-state index contributed by atoms with van der Waals surface area (Å²) in [5, 5.41) is 24.9. The quantitative estimate of drug-likeness (QED) is 0.103. The molecule has 36 heavy (non-hydrogen) atoms. The van der Waals surface area contributed by atoms with Gasteiger partial charge in [-0.15, -0.1) is 0 Å². The number of esters is 2. The number of nitrogens with one attached hydrogen (secondary N) is 2. The van der Waals surface area contributed by atoms with Crippen molar-refractivity contribution in [3.05, 3.63) is 24.8 Å². The Balaban J connectivity index is 2.78. The van der Waals surface area contributed by atoms with Gasteiger partial charge in [0.1, 0.15) is 13.2 Å². The number of aliphatic hydroxyl groups excluding tert-OH is 2. The maximum absolute atomic E-state index is 11.6. The molecule has 1 aromatic heterocycles. The van der Waals surface area contributed by atoms with E-state index in [1.54, 1.807) is 25.9 Å². The molecule has 0 aliphatic heterocycles. The number of hydrogen-bond donors (Lipinski definition) is 4. The fourth-order valence-electron chi connectivity index (χ4n) is 2.64. The lowest BCUT2D eigenvalue weighted by Gasteiger charge is -2.23. The number of hydrogen-bond acceptors (Lipinski definition) is 14. The van der Waals surface area contributed by atoms with Crippen LogP contribution in [-0.2, 0) is 19.1 Å². The zero-order chi connectivity index (χ0) is 26.9. The Labute approximate surface area is 211 Å². The minimum absolute atomic E-state index is 0.0770. The Morgan fingerprint density at radius 1 is 0.917 bits per heavy atom. The molecule has 1 rings (SSSR count). The molecule has 0 saturated carbocycles. The third-order valence-corrected chi connectivity index (χ3v) is 4.59. The molecule has 1 aromatic rings. The maximum atomic E-state index is 11.6. The molecule has 4 N–H and O–H groups in total. The second kappa shape index (κ2) is 17.2. The van der Waals surface area contributed by atoms with Crippen molar-refractivity contribution in [2.24, 2.45) is 0 Å². The van der Waals surface area contributed by atoms with Gasteiger partial charge in [0.2, 0.25) is 17.8 Å². The van der Waals surface area contributed by atoms with Crippen LogP contribution in [0.4, 0.5) is 17.8 Å². The Bertz CT molecular complexity index is 854. The summed E-state index contributed by atoms with van der Waals surface area (Å²) < 4.78 is 10.1. The summed E-state index contributed by atoms with van der Waals surface area (Å²) in [6.07, 6.45) is 1.09. The molecule has 0 radical (unpaired) electrons. The molecule has 202 valence electrons. The normalized spacial score (nSPS) is 10.8. The number of nitrogens with zero attached hydrogens (tertiary/aromatic N) is 6. The van der Waals surface area contributed by atoms with E-state index in [2.05, 4.69) is 38.7 Å². The Morgan fingerprint density at radius 2 is 1.42 bits per heavy atom. The molecule has 0 atom stereocenters. The lowest BCUT2D eigenvalue weighted by atomic mass is 10.4. The molecule has 0 spiro atoms. The van der Waals surface area contributed by atoms with Gasteiger partial charge in [0.05, 0.1) is 26.6 Å². The first kappa shape index (κ1) is 30.7. The number of anilines is 3. The smallest absolute Gasteiger partial charge is 0.333 e. The van der Waals surface area contributed by atoms with Crippen LogP contribution in [0.5, 0.6) is 0 Å². The molecule has 0 aliphatic carbocycles. The standard InChI is InChI=1S/C22H38N8O6/c1-6-18(33)35-13-9-29(7-11-31)15-23-20-25-21(27-22(26-20)28(4)5)24-16-30(8-12-32)10-14-36-19(34)17(2)3/h6,31-32H,1-2,7-16H2,3-5H3,(H2,23,24,25,26,27). The van der Waals surface area contributed by atoms with E-state index in [0.717, 1.165) is 6.08 Å². The van der Waals surface area contributed by atoms with Crippen molar-refractivity contribution in [3.63, 3.8) is 0 Å². The lowest BCUT2D eigenvalue weighted by molar-refractivity contribution is -0.139. The van der Waals surface area contributed by atoms with Crippen molar-refractivity contribution in [2.75, 3.05) is 95.6 Å². The zero-order valence-electron chi connectivity index (χ0n) is 21.3. The SMILES string of the molecule is C=CC(=O)OCCN(CCO)CNc1nc(NCN(CCO)CCOC(=O)C(=C)C)nc(N(C)C)n1. The van der Waals surface area contributed by atoms with Gasteiger partial charge in [0.15, 0.2) is 0 Å². The molecule has 14 heteroatoms. The topological polar surface area (TPSA) is 166 Å². The summed E-state index contributed by atoms with van der Waals surface area (Å²) in [7, 11) is 3.59. The average Bonchev–Trinajstić information content (AvgIpc) is 2.85. The fraction of sp³-hybridized carbons (Fsp3) is 0.591.